The number of hydrogen-bond donors (Lipinski definition) is 1. The molecular formula is C19H30NO2+. The highest BCUT2D eigenvalue weighted by atomic mass is 16.4. The first-order valence-corrected chi connectivity index (χ1v) is 8.34. The fourth-order valence-corrected chi connectivity index (χ4v) is 3.54. The second kappa shape index (κ2) is 8.74. The van der Waals surface area contributed by atoms with Gasteiger partial charge in [0.25, 0.3) is 0 Å². The van der Waals surface area contributed by atoms with Gasteiger partial charge in [-0.1, -0.05) is 50.3 Å². The average Bonchev–Trinajstić information content (AvgIpc) is 2.54. The maximum atomic E-state index is 12.0. The Morgan fingerprint density at radius 2 is 1.82 bits per heavy atom. The van der Waals surface area contributed by atoms with Crippen LogP contribution in [-0.2, 0) is 4.79 Å². The molecule has 22 heavy (non-hydrogen) atoms. The van der Waals surface area contributed by atoms with Gasteiger partial charge in [-0.05, 0) is 26.3 Å². The van der Waals surface area contributed by atoms with Crippen LogP contribution in [-0.4, -0.2) is 34.7 Å². The summed E-state index contributed by atoms with van der Waals surface area (Å²) in [5, 5.41) is 9.84. The number of carboxylic acids is 1. The second-order valence-corrected chi connectivity index (χ2v) is 5.82. The monoisotopic (exact) mass is 304 g/mol. The standard InChI is InChI=1S/C19H29NO2/c1-5-9-15-18(19(21)22)20(7-3,8-4)17(6-2)16-13-11-10-12-14-16/h6,10-14,17-18H,2,5,7-9,15H2,1,3-4H3/p+1. The first kappa shape index (κ1) is 18.4. The first-order chi connectivity index (χ1) is 10.6. The normalized spacial score (nSPS) is 14.3. The van der Waals surface area contributed by atoms with Crippen LogP contribution in [0.4, 0.5) is 0 Å². The quantitative estimate of drug-likeness (QED) is 0.513. The smallest absolute Gasteiger partial charge is 0.362 e. The second-order valence-electron chi connectivity index (χ2n) is 5.82. The highest BCUT2D eigenvalue weighted by Gasteiger charge is 2.44. The molecular weight excluding hydrogens is 274 g/mol. The van der Waals surface area contributed by atoms with Crippen molar-refractivity contribution in [2.24, 2.45) is 0 Å². The van der Waals surface area contributed by atoms with Gasteiger partial charge < -0.3 is 9.59 Å². The van der Waals surface area contributed by atoms with E-state index in [4.69, 9.17) is 0 Å². The highest BCUT2D eigenvalue weighted by molar-refractivity contribution is 5.72. The van der Waals surface area contributed by atoms with Crippen molar-refractivity contribution in [1.29, 1.82) is 0 Å². The third-order valence-corrected chi connectivity index (χ3v) is 4.83. The SMILES string of the molecule is C=CC(c1ccccc1)[N+](CC)(CC)C(CCCC)C(=O)O. The summed E-state index contributed by atoms with van der Waals surface area (Å²) in [4.78, 5) is 12.0. The number of benzene rings is 1. The summed E-state index contributed by atoms with van der Waals surface area (Å²) in [7, 11) is 0. The van der Waals surface area contributed by atoms with Crippen LogP contribution in [0, 0.1) is 0 Å². The molecule has 1 aromatic rings. The van der Waals surface area contributed by atoms with Crippen molar-refractivity contribution in [3.05, 3.63) is 48.6 Å². The number of carbonyl (C=O) groups is 1. The van der Waals surface area contributed by atoms with Gasteiger partial charge in [0.2, 0.25) is 0 Å². The van der Waals surface area contributed by atoms with Gasteiger partial charge in [-0.25, -0.2) is 4.79 Å². The fraction of sp³-hybridized carbons (Fsp3) is 0.526. The molecule has 3 heteroatoms. The zero-order valence-corrected chi connectivity index (χ0v) is 14.2. The molecule has 1 aromatic carbocycles. The van der Waals surface area contributed by atoms with Crippen LogP contribution in [0.2, 0.25) is 0 Å². The van der Waals surface area contributed by atoms with Gasteiger partial charge in [-0.2, -0.15) is 0 Å². The highest BCUT2D eigenvalue weighted by Crippen LogP contribution is 2.34. The first-order valence-electron chi connectivity index (χ1n) is 8.34. The Bertz CT molecular complexity index is 466. The molecule has 1 rings (SSSR count). The molecule has 0 amide bonds. The number of nitrogens with zero attached hydrogens (tertiary/aromatic N) is 1. The predicted molar refractivity (Wildman–Crippen MR) is 91.7 cm³/mol. The number of carboxylic acid groups (broad SMARTS) is 1. The van der Waals surface area contributed by atoms with Gasteiger partial charge >= 0.3 is 5.97 Å². The number of rotatable bonds is 10. The molecule has 0 fully saturated rings. The van der Waals surface area contributed by atoms with Gasteiger partial charge in [0.05, 0.1) is 13.1 Å². The molecule has 0 spiro atoms. The van der Waals surface area contributed by atoms with Gasteiger partial charge in [0.15, 0.2) is 6.04 Å². The molecule has 1 N–H and O–H groups in total. The predicted octanol–water partition coefficient (Wildman–Crippen LogP) is 4.41. The fourth-order valence-electron chi connectivity index (χ4n) is 3.54. The van der Waals surface area contributed by atoms with Crippen molar-refractivity contribution < 1.29 is 14.4 Å². The average molecular weight is 304 g/mol. The van der Waals surface area contributed by atoms with Crippen molar-refractivity contribution in [2.45, 2.75) is 52.1 Å². The van der Waals surface area contributed by atoms with E-state index in [1.807, 2.05) is 24.3 Å². The van der Waals surface area contributed by atoms with Gasteiger partial charge in [0, 0.05) is 12.0 Å². The summed E-state index contributed by atoms with van der Waals surface area (Å²) < 4.78 is 0.531. The van der Waals surface area contributed by atoms with E-state index in [1.54, 1.807) is 0 Å². The maximum absolute atomic E-state index is 12.0. The van der Waals surface area contributed by atoms with Crippen LogP contribution >= 0.6 is 0 Å². The lowest BCUT2D eigenvalue weighted by Gasteiger charge is -2.46. The number of likely N-dealkylation sites (N-methyl/N-ethyl adjacent to an activating group) is 1. The van der Waals surface area contributed by atoms with Crippen molar-refractivity contribution in [2.75, 3.05) is 13.1 Å². The third-order valence-electron chi connectivity index (χ3n) is 4.83. The maximum Gasteiger partial charge on any atom is 0.362 e. The van der Waals surface area contributed by atoms with Crippen molar-refractivity contribution >= 4 is 5.97 Å². The summed E-state index contributed by atoms with van der Waals surface area (Å²) in [5.74, 6) is -0.695. The van der Waals surface area contributed by atoms with Crippen LogP contribution in [0.5, 0.6) is 0 Å². The minimum absolute atomic E-state index is 0.00848. The Morgan fingerprint density at radius 1 is 1.23 bits per heavy atom. The zero-order chi connectivity index (χ0) is 16.6. The molecule has 2 unspecified atom stereocenters. The van der Waals surface area contributed by atoms with Crippen molar-refractivity contribution in [1.82, 2.24) is 0 Å². The van der Waals surface area contributed by atoms with Gasteiger partial charge in [-0.3, -0.25) is 0 Å². The minimum Gasteiger partial charge on any atom is -0.477 e. The van der Waals surface area contributed by atoms with Crippen LogP contribution in [0.25, 0.3) is 0 Å². The number of unbranched alkanes of at least 4 members (excludes halogenated alkanes) is 1. The Morgan fingerprint density at radius 3 is 2.23 bits per heavy atom. The largest absolute Gasteiger partial charge is 0.477 e. The van der Waals surface area contributed by atoms with Gasteiger partial charge in [0.1, 0.15) is 6.04 Å². The lowest BCUT2D eigenvalue weighted by molar-refractivity contribution is -0.962. The van der Waals surface area contributed by atoms with E-state index in [0.29, 0.717) is 10.9 Å². The topological polar surface area (TPSA) is 37.3 Å². The lowest BCUT2D eigenvalue weighted by atomic mass is 9.96. The van der Waals surface area contributed by atoms with Crippen molar-refractivity contribution in [3.63, 3.8) is 0 Å². The van der Waals surface area contributed by atoms with E-state index >= 15 is 0 Å². The Hall–Kier alpha value is -1.61. The van der Waals surface area contributed by atoms with E-state index < -0.39 is 12.0 Å². The van der Waals surface area contributed by atoms with Crippen LogP contribution in [0.3, 0.4) is 0 Å². The van der Waals surface area contributed by atoms with Crippen LogP contribution in [0.1, 0.15) is 51.6 Å². The van der Waals surface area contributed by atoms with Gasteiger partial charge in [-0.15, -0.1) is 0 Å². The van der Waals surface area contributed by atoms with Crippen LogP contribution in [0.15, 0.2) is 43.0 Å². The number of aliphatic carboxylic acids is 1. The molecule has 0 radical (unpaired) electrons. The Balaban J connectivity index is 3.31. The summed E-state index contributed by atoms with van der Waals surface area (Å²) >= 11 is 0. The lowest BCUT2D eigenvalue weighted by Crippen LogP contribution is -2.59. The molecule has 0 aromatic heterocycles. The molecule has 0 aliphatic rings. The molecule has 0 aliphatic heterocycles. The molecule has 2 atom stereocenters. The molecule has 3 nitrogen and oxygen atoms in total. The molecule has 0 heterocycles. The van der Waals surface area contributed by atoms with E-state index in [0.717, 1.165) is 31.5 Å². The Kier molecular flexibility index (Phi) is 7.33. The zero-order valence-electron chi connectivity index (χ0n) is 14.2. The van der Waals surface area contributed by atoms with E-state index in [-0.39, 0.29) is 6.04 Å². The number of quaternary nitrogens is 1. The van der Waals surface area contributed by atoms with E-state index in [1.165, 1.54) is 0 Å². The Labute approximate surface area is 134 Å². The summed E-state index contributed by atoms with van der Waals surface area (Å²) in [6.07, 6.45) is 4.59. The minimum atomic E-state index is -0.695. The summed E-state index contributed by atoms with van der Waals surface area (Å²) in [6, 6.07) is 9.77. The number of hydrogen-bond acceptors (Lipinski definition) is 1. The summed E-state index contributed by atoms with van der Waals surface area (Å²) in [6.45, 7) is 11.9. The molecule has 0 aliphatic carbocycles. The van der Waals surface area contributed by atoms with Crippen molar-refractivity contribution in [3.8, 4) is 0 Å². The van der Waals surface area contributed by atoms with E-state index in [2.05, 4.69) is 39.5 Å². The molecule has 0 saturated heterocycles. The molecule has 122 valence electrons. The molecule has 0 saturated carbocycles. The van der Waals surface area contributed by atoms with E-state index in [9.17, 15) is 9.90 Å². The summed E-state index contributed by atoms with van der Waals surface area (Å²) in [5.41, 5.74) is 1.14. The molecule has 0 bridgehead atoms. The third kappa shape index (κ3) is 3.77. The van der Waals surface area contributed by atoms with Crippen LogP contribution < -0.4 is 0 Å².